The van der Waals surface area contributed by atoms with Crippen molar-refractivity contribution in [2.75, 3.05) is 13.2 Å². The molecule has 0 spiro atoms. The summed E-state index contributed by atoms with van der Waals surface area (Å²) in [4.78, 5) is 25.1. The van der Waals surface area contributed by atoms with Crippen LogP contribution in [0.1, 0.15) is 51.7 Å². The van der Waals surface area contributed by atoms with Crippen LogP contribution in [0.2, 0.25) is 5.02 Å². The van der Waals surface area contributed by atoms with Crippen LogP contribution >= 0.6 is 11.6 Å². The molecule has 1 aromatic carbocycles. The maximum atomic E-state index is 12.7. The molecule has 3 aromatic rings. The number of esters is 2. The minimum absolute atomic E-state index is 0.0765. The van der Waals surface area contributed by atoms with Gasteiger partial charge in [0.25, 0.3) is 0 Å². The molecule has 1 N–H and O–H groups in total. The Labute approximate surface area is 183 Å². The van der Waals surface area contributed by atoms with Crippen molar-refractivity contribution in [2.24, 2.45) is 0 Å². The molecule has 0 fully saturated rings. The summed E-state index contributed by atoms with van der Waals surface area (Å²) in [5.41, 5.74) is 1.21. The summed E-state index contributed by atoms with van der Waals surface area (Å²) in [7, 11) is 0. The fraction of sp³-hybridized carbons (Fsp3) is 0.227. The smallest absolute Gasteiger partial charge is 0.356 e. The Bertz CT molecular complexity index is 1130. The van der Waals surface area contributed by atoms with Gasteiger partial charge >= 0.3 is 11.9 Å². The number of ether oxygens (including phenoxy) is 2. The molecule has 0 aliphatic rings. The van der Waals surface area contributed by atoms with Crippen LogP contribution in [0.15, 0.2) is 35.0 Å². The third-order valence-electron chi connectivity index (χ3n) is 4.33. The number of aromatic hydroxyl groups is 1. The van der Waals surface area contributed by atoms with Crippen molar-refractivity contribution < 1.29 is 28.7 Å². The topological polar surface area (TPSA) is 104 Å². The van der Waals surface area contributed by atoms with Crippen LogP contribution in [0, 0.1) is 6.92 Å². The SMILES string of the molecule is CCOC(=O)c1c(O)cn(-c2c(C)noc2/C=C/c2ccc(Cl)cc2)c1C(=O)OCC. The van der Waals surface area contributed by atoms with E-state index in [2.05, 4.69) is 5.16 Å². The second kappa shape index (κ2) is 9.53. The molecule has 2 aromatic heterocycles. The average Bonchev–Trinajstić information content (AvgIpc) is 3.27. The molecule has 162 valence electrons. The molecule has 9 heteroatoms. The second-order valence-electron chi connectivity index (χ2n) is 6.41. The maximum Gasteiger partial charge on any atom is 0.356 e. The van der Waals surface area contributed by atoms with Crippen LogP contribution in [0.3, 0.4) is 0 Å². The van der Waals surface area contributed by atoms with Gasteiger partial charge in [-0.15, -0.1) is 0 Å². The molecule has 0 unspecified atom stereocenters. The van der Waals surface area contributed by atoms with E-state index in [-0.39, 0.29) is 24.5 Å². The quantitative estimate of drug-likeness (QED) is 0.528. The molecular weight excluding hydrogens is 424 g/mol. The Morgan fingerprint density at radius 2 is 1.77 bits per heavy atom. The number of halogens is 1. The molecule has 3 rings (SSSR count). The average molecular weight is 445 g/mol. The van der Waals surface area contributed by atoms with Crippen molar-refractivity contribution in [1.29, 1.82) is 0 Å². The van der Waals surface area contributed by atoms with Gasteiger partial charge in [-0.2, -0.15) is 0 Å². The first kappa shape index (κ1) is 22.2. The van der Waals surface area contributed by atoms with Crippen LogP contribution in [0.5, 0.6) is 5.75 Å². The Hall–Kier alpha value is -3.52. The van der Waals surface area contributed by atoms with Gasteiger partial charge in [-0.25, -0.2) is 9.59 Å². The van der Waals surface area contributed by atoms with Gasteiger partial charge < -0.3 is 23.7 Å². The van der Waals surface area contributed by atoms with Crippen LogP contribution in [0.4, 0.5) is 0 Å². The minimum atomic E-state index is -0.839. The van der Waals surface area contributed by atoms with E-state index < -0.39 is 17.7 Å². The van der Waals surface area contributed by atoms with Gasteiger partial charge in [0.15, 0.2) is 11.5 Å². The van der Waals surface area contributed by atoms with E-state index in [9.17, 15) is 14.7 Å². The lowest BCUT2D eigenvalue weighted by atomic mass is 10.2. The zero-order valence-corrected chi connectivity index (χ0v) is 18.0. The predicted molar refractivity (Wildman–Crippen MR) is 115 cm³/mol. The fourth-order valence-electron chi connectivity index (χ4n) is 3.00. The molecule has 0 radical (unpaired) electrons. The molecule has 8 nitrogen and oxygen atoms in total. The normalized spacial score (nSPS) is 11.1. The Balaban J connectivity index is 2.13. The third-order valence-corrected chi connectivity index (χ3v) is 4.58. The largest absolute Gasteiger partial charge is 0.505 e. The maximum absolute atomic E-state index is 12.7. The zero-order valence-electron chi connectivity index (χ0n) is 17.2. The Morgan fingerprint density at radius 3 is 2.42 bits per heavy atom. The number of aryl methyl sites for hydroxylation is 1. The van der Waals surface area contributed by atoms with E-state index in [1.165, 1.54) is 10.8 Å². The number of hydrogen-bond donors (Lipinski definition) is 1. The molecule has 0 atom stereocenters. The molecule has 0 aliphatic heterocycles. The standard InChI is InChI=1S/C22H21ClN2O6/c1-4-29-21(27)18-16(26)12-25(20(18)22(28)30-5-2)19-13(3)24-31-17(19)11-8-14-6-9-15(23)10-7-14/h6-12,26H,4-5H2,1-3H3/b11-8+. The number of benzene rings is 1. The third kappa shape index (κ3) is 4.64. The van der Waals surface area contributed by atoms with Gasteiger partial charge in [0.2, 0.25) is 0 Å². The number of carbonyl (C=O) groups excluding carboxylic acids is 2. The number of carbonyl (C=O) groups is 2. The lowest BCUT2D eigenvalue weighted by molar-refractivity contribution is 0.0471. The first-order chi connectivity index (χ1) is 14.9. The van der Waals surface area contributed by atoms with E-state index in [0.29, 0.717) is 22.2 Å². The van der Waals surface area contributed by atoms with Crippen LogP contribution in [-0.4, -0.2) is 40.0 Å². The van der Waals surface area contributed by atoms with E-state index in [0.717, 1.165) is 5.56 Å². The summed E-state index contributed by atoms with van der Waals surface area (Å²) in [5.74, 6) is -1.74. The molecule has 0 amide bonds. The van der Waals surface area contributed by atoms with Crippen LogP contribution in [0.25, 0.3) is 17.8 Å². The highest BCUT2D eigenvalue weighted by Gasteiger charge is 2.31. The summed E-state index contributed by atoms with van der Waals surface area (Å²) < 4.78 is 16.8. The van der Waals surface area contributed by atoms with Gasteiger partial charge in [-0.1, -0.05) is 35.0 Å². The number of nitrogens with zero attached hydrogens (tertiary/aromatic N) is 2. The highest BCUT2D eigenvalue weighted by Crippen LogP contribution is 2.32. The number of aromatic nitrogens is 2. The summed E-state index contributed by atoms with van der Waals surface area (Å²) in [5, 5.41) is 15.0. The van der Waals surface area contributed by atoms with Crippen molar-refractivity contribution in [2.45, 2.75) is 20.8 Å². The highest BCUT2D eigenvalue weighted by atomic mass is 35.5. The highest BCUT2D eigenvalue weighted by molar-refractivity contribution is 6.30. The van der Waals surface area contributed by atoms with Crippen LogP contribution in [-0.2, 0) is 9.47 Å². The Kier molecular flexibility index (Phi) is 6.81. The summed E-state index contributed by atoms with van der Waals surface area (Å²) in [6.45, 7) is 5.10. The molecule has 0 saturated carbocycles. The summed E-state index contributed by atoms with van der Waals surface area (Å²) in [6.07, 6.45) is 4.67. The molecule has 2 heterocycles. The van der Waals surface area contributed by atoms with Crippen LogP contribution < -0.4 is 0 Å². The number of hydrogen-bond acceptors (Lipinski definition) is 7. The van der Waals surface area contributed by atoms with E-state index in [4.69, 9.17) is 25.6 Å². The van der Waals surface area contributed by atoms with Crippen molar-refractivity contribution in [3.8, 4) is 11.4 Å². The van der Waals surface area contributed by atoms with Gasteiger partial charge in [-0.05, 0) is 44.5 Å². The van der Waals surface area contributed by atoms with Gasteiger partial charge in [0.1, 0.15) is 22.7 Å². The lowest BCUT2D eigenvalue weighted by Crippen LogP contribution is -2.17. The van der Waals surface area contributed by atoms with Crippen molar-refractivity contribution in [3.05, 3.63) is 63.8 Å². The van der Waals surface area contributed by atoms with Gasteiger partial charge in [-0.3, -0.25) is 0 Å². The summed E-state index contributed by atoms with van der Waals surface area (Å²) >= 11 is 5.91. The second-order valence-corrected chi connectivity index (χ2v) is 6.85. The molecule has 0 aliphatic carbocycles. The molecular formula is C22H21ClN2O6. The van der Waals surface area contributed by atoms with E-state index in [1.54, 1.807) is 45.1 Å². The van der Waals surface area contributed by atoms with Crippen molar-refractivity contribution >= 4 is 35.7 Å². The first-order valence-electron chi connectivity index (χ1n) is 9.56. The number of rotatable bonds is 7. The van der Waals surface area contributed by atoms with Crippen molar-refractivity contribution in [3.63, 3.8) is 0 Å². The zero-order chi connectivity index (χ0) is 22.5. The lowest BCUT2D eigenvalue weighted by Gasteiger charge is -2.09. The molecule has 31 heavy (non-hydrogen) atoms. The Morgan fingerprint density at radius 1 is 1.13 bits per heavy atom. The van der Waals surface area contributed by atoms with Gasteiger partial charge in [0, 0.05) is 5.02 Å². The predicted octanol–water partition coefficient (Wildman–Crippen LogP) is 4.66. The van der Waals surface area contributed by atoms with E-state index in [1.807, 2.05) is 12.1 Å². The van der Waals surface area contributed by atoms with Gasteiger partial charge in [0.05, 0.1) is 19.4 Å². The minimum Gasteiger partial charge on any atom is -0.505 e. The monoisotopic (exact) mass is 444 g/mol. The van der Waals surface area contributed by atoms with Crippen molar-refractivity contribution in [1.82, 2.24) is 9.72 Å². The fourth-order valence-corrected chi connectivity index (χ4v) is 3.13. The van der Waals surface area contributed by atoms with E-state index >= 15 is 0 Å². The molecule has 0 saturated heterocycles. The summed E-state index contributed by atoms with van der Waals surface area (Å²) in [6, 6.07) is 7.16. The first-order valence-corrected chi connectivity index (χ1v) is 9.94. The molecule has 0 bridgehead atoms.